The number of carbonyl (C=O) groups is 1. The molecule has 18 heavy (non-hydrogen) atoms. The number of nitrogens with zero attached hydrogens (tertiary/aromatic N) is 1. The number of thiazole rings is 1. The van der Waals surface area contributed by atoms with E-state index in [9.17, 15) is 4.79 Å². The molecular formula is C13H13BrN2OS. The van der Waals surface area contributed by atoms with Crippen molar-refractivity contribution in [2.45, 2.75) is 13.3 Å². The number of nitrogens with one attached hydrogen (secondary N) is 1. The van der Waals surface area contributed by atoms with Crippen LogP contribution in [0.1, 0.15) is 20.9 Å². The Morgan fingerprint density at radius 3 is 2.72 bits per heavy atom. The quantitative estimate of drug-likeness (QED) is 0.938. The molecule has 0 aliphatic heterocycles. The second-order valence-electron chi connectivity index (χ2n) is 3.87. The van der Waals surface area contributed by atoms with E-state index in [0.717, 1.165) is 16.6 Å². The molecule has 0 saturated heterocycles. The summed E-state index contributed by atoms with van der Waals surface area (Å²) in [5.74, 6) is -0.0373. The zero-order valence-corrected chi connectivity index (χ0v) is 12.3. The Bertz CT molecular complexity index is 536. The molecule has 1 amide bonds. The zero-order chi connectivity index (χ0) is 13.0. The maximum Gasteiger partial charge on any atom is 0.251 e. The molecule has 0 spiro atoms. The van der Waals surface area contributed by atoms with E-state index in [2.05, 4.69) is 26.2 Å². The summed E-state index contributed by atoms with van der Waals surface area (Å²) in [6.45, 7) is 2.63. The van der Waals surface area contributed by atoms with Crippen molar-refractivity contribution in [1.29, 1.82) is 0 Å². The minimum atomic E-state index is -0.0373. The average molecular weight is 325 g/mol. The van der Waals surface area contributed by atoms with Crippen LogP contribution < -0.4 is 5.32 Å². The molecule has 1 N–H and O–H groups in total. The molecule has 1 heterocycles. The number of carbonyl (C=O) groups excluding carboxylic acids is 1. The minimum Gasteiger partial charge on any atom is -0.352 e. The molecule has 0 atom stereocenters. The molecule has 3 nitrogen and oxygen atoms in total. The van der Waals surface area contributed by atoms with Gasteiger partial charge in [0.1, 0.15) is 0 Å². The molecule has 1 aromatic carbocycles. The standard InChI is InChI=1S/C13H13BrN2OS/c1-9-12(18-8-16-9)6-7-15-13(17)10-2-4-11(14)5-3-10/h2-5,8H,6-7H2,1H3,(H,15,17). The van der Waals surface area contributed by atoms with Crippen molar-refractivity contribution in [2.75, 3.05) is 6.54 Å². The van der Waals surface area contributed by atoms with Crippen LogP contribution in [0.3, 0.4) is 0 Å². The number of rotatable bonds is 4. The molecule has 0 radical (unpaired) electrons. The van der Waals surface area contributed by atoms with Crippen LogP contribution in [0, 0.1) is 6.92 Å². The molecule has 5 heteroatoms. The van der Waals surface area contributed by atoms with Crippen molar-refractivity contribution in [3.05, 3.63) is 50.4 Å². The van der Waals surface area contributed by atoms with E-state index in [1.54, 1.807) is 23.5 Å². The Hall–Kier alpha value is -1.20. The average Bonchev–Trinajstić information content (AvgIpc) is 2.76. The van der Waals surface area contributed by atoms with Gasteiger partial charge in [0.2, 0.25) is 0 Å². The molecule has 0 unspecified atom stereocenters. The lowest BCUT2D eigenvalue weighted by molar-refractivity contribution is 0.0954. The summed E-state index contributed by atoms with van der Waals surface area (Å²) >= 11 is 4.97. The first-order valence-electron chi connectivity index (χ1n) is 5.59. The van der Waals surface area contributed by atoms with Crippen molar-refractivity contribution in [1.82, 2.24) is 10.3 Å². The van der Waals surface area contributed by atoms with Crippen molar-refractivity contribution >= 4 is 33.2 Å². The largest absolute Gasteiger partial charge is 0.352 e. The Balaban J connectivity index is 1.85. The fourth-order valence-corrected chi connectivity index (χ4v) is 2.60. The SMILES string of the molecule is Cc1ncsc1CCNC(=O)c1ccc(Br)cc1. The van der Waals surface area contributed by atoms with Crippen LogP contribution >= 0.6 is 27.3 Å². The van der Waals surface area contributed by atoms with Crippen LogP contribution in [0.2, 0.25) is 0 Å². The van der Waals surface area contributed by atoms with Gasteiger partial charge in [0.15, 0.2) is 0 Å². The van der Waals surface area contributed by atoms with Crippen LogP contribution in [0.15, 0.2) is 34.2 Å². The minimum absolute atomic E-state index is 0.0373. The van der Waals surface area contributed by atoms with E-state index < -0.39 is 0 Å². The monoisotopic (exact) mass is 324 g/mol. The fraction of sp³-hybridized carbons (Fsp3) is 0.231. The van der Waals surface area contributed by atoms with E-state index in [1.807, 2.05) is 24.6 Å². The van der Waals surface area contributed by atoms with Gasteiger partial charge in [-0.3, -0.25) is 4.79 Å². The van der Waals surface area contributed by atoms with Crippen LogP contribution in [0.4, 0.5) is 0 Å². The smallest absolute Gasteiger partial charge is 0.251 e. The molecule has 2 rings (SSSR count). The summed E-state index contributed by atoms with van der Waals surface area (Å²) in [4.78, 5) is 17.2. The molecule has 0 fully saturated rings. The number of halogens is 1. The predicted molar refractivity (Wildman–Crippen MR) is 77.0 cm³/mol. The summed E-state index contributed by atoms with van der Waals surface area (Å²) in [5, 5.41) is 2.91. The van der Waals surface area contributed by atoms with E-state index in [4.69, 9.17) is 0 Å². The summed E-state index contributed by atoms with van der Waals surface area (Å²) in [6.07, 6.45) is 0.832. The number of aryl methyl sites for hydroxylation is 1. The third-order valence-electron chi connectivity index (χ3n) is 2.59. The van der Waals surface area contributed by atoms with E-state index in [1.165, 1.54) is 4.88 Å². The van der Waals surface area contributed by atoms with Gasteiger partial charge in [-0.25, -0.2) is 4.98 Å². The topological polar surface area (TPSA) is 42.0 Å². The third kappa shape index (κ3) is 3.40. The van der Waals surface area contributed by atoms with Gasteiger partial charge in [0.25, 0.3) is 5.91 Å². The first-order valence-corrected chi connectivity index (χ1v) is 7.27. The van der Waals surface area contributed by atoms with Gasteiger partial charge in [-0.15, -0.1) is 11.3 Å². The fourth-order valence-electron chi connectivity index (χ4n) is 1.56. The molecule has 0 bridgehead atoms. The van der Waals surface area contributed by atoms with Gasteiger partial charge in [0.05, 0.1) is 11.2 Å². The number of hydrogen-bond donors (Lipinski definition) is 1. The molecular weight excluding hydrogens is 312 g/mol. The van der Waals surface area contributed by atoms with Crippen molar-refractivity contribution in [2.24, 2.45) is 0 Å². The zero-order valence-electron chi connectivity index (χ0n) is 9.94. The van der Waals surface area contributed by atoms with Gasteiger partial charge < -0.3 is 5.32 Å². The lowest BCUT2D eigenvalue weighted by Gasteiger charge is -2.04. The number of hydrogen-bond acceptors (Lipinski definition) is 3. The maximum atomic E-state index is 11.8. The first kappa shape index (κ1) is 13.2. The van der Waals surface area contributed by atoms with Gasteiger partial charge in [0, 0.05) is 27.9 Å². The van der Waals surface area contributed by atoms with E-state index in [0.29, 0.717) is 12.1 Å². The van der Waals surface area contributed by atoms with Crippen LogP contribution in [0.25, 0.3) is 0 Å². The van der Waals surface area contributed by atoms with Gasteiger partial charge in [-0.1, -0.05) is 15.9 Å². The highest BCUT2D eigenvalue weighted by Crippen LogP contribution is 2.12. The van der Waals surface area contributed by atoms with Crippen LogP contribution in [0.5, 0.6) is 0 Å². The Morgan fingerprint density at radius 2 is 2.11 bits per heavy atom. The Morgan fingerprint density at radius 1 is 1.39 bits per heavy atom. The molecule has 94 valence electrons. The van der Waals surface area contributed by atoms with Gasteiger partial charge >= 0.3 is 0 Å². The number of benzene rings is 1. The second-order valence-corrected chi connectivity index (χ2v) is 5.73. The van der Waals surface area contributed by atoms with Gasteiger partial charge in [-0.2, -0.15) is 0 Å². The second kappa shape index (κ2) is 6.11. The third-order valence-corrected chi connectivity index (χ3v) is 4.11. The molecule has 1 aromatic heterocycles. The molecule has 0 saturated carbocycles. The maximum absolute atomic E-state index is 11.8. The molecule has 0 aliphatic rings. The van der Waals surface area contributed by atoms with Gasteiger partial charge in [-0.05, 0) is 31.2 Å². The van der Waals surface area contributed by atoms with Crippen LogP contribution in [-0.2, 0) is 6.42 Å². The lowest BCUT2D eigenvalue weighted by atomic mass is 10.2. The molecule has 0 aliphatic carbocycles. The van der Waals surface area contributed by atoms with Crippen LogP contribution in [-0.4, -0.2) is 17.4 Å². The first-order chi connectivity index (χ1) is 8.66. The highest BCUT2D eigenvalue weighted by atomic mass is 79.9. The molecule has 2 aromatic rings. The summed E-state index contributed by atoms with van der Waals surface area (Å²) in [5.41, 5.74) is 3.57. The highest BCUT2D eigenvalue weighted by Gasteiger charge is 2.06. The predicted octanol–water partition coefficient (Wildman–Crippen LogP) is 3.19. The Kier molecular flexibility index (Phi) is 4.49. The van der Waals surface area contributed by atoms with E-state index >= 15 is 0 Å². The number of aromatic nitrogens is 1. The Labute approximate surface area is 118 Å². The summed E-state index contributed by atoms with van der Waals surface area (Å²) in [7, 11) is 0. The van der Waals surface area contributed by atoms with Crippen molar-refractivity contribution < 1.29 is 4.79 Å². The lowest BCUT2D eigenvalue weighted by Crippen LogP contribution is -2.25. The highest BCUT2D eigenvalue weighted by molar-refractivity contribution is 9.10. The van der Waals surface area contributed by atoms with Crippen molar-refractivity contribution in [3.63, 3.8) is 0 Å². The van der Waals surface area contributed by atoms with E-state index in [-0.39, 0.29) is 5.91 Å². The summed E-state index contributed by atoms with van der Waals surface area (Å²) in [6, 6.07) is 7.33. The number of amides is 1. The summed E-state index contributed by atoms with van der Waals surface area (Å²) < 4.78 is 0.972. The van der Waals surface area contributed by atoms with Crippen molar-refractivity contribution in [3.8, 4) is 0 Å². The normalized spacial score (nSPS) is 10.3.